The number of anilines is 1. The Kier molecular flexibility index (Phi) is 5.07. The molecule has 0 spiro atoms. The number of amides is 1. The Balaban J connectivity index is 1.45. The molecule has 8 nitrogen and oxygen atoms in total. The molecule has 0 radical (unpaired) electrons. The van der Waals surface area contributed by atoms with Gasteiger partial charge in [-0.3, -0.25) is 4.79 Å². The number of carbonyl (C=O) groups is 1. The average molecular weight is 371 g/mol. The number of aryl methyl sites for hydroxylation is 2. The van der Waals surface area contributed by atoms with Crippen LogP contribution in [-0.4, -0.2) is 58.7 Å². The van der Waals surface area contributed by atoms with Crippen molar-refractivity contribution in [1.82, 2.24) is 20.0 Å². The van der Waals surface area contributed by atoms with E-state index in [0.29, 0.717) is 31.9 Å². The molecule has 2 saturated heterocycles. The molecule has 1 atom stereocenters. The molecule has 0 unspecified atom stereocenters. The van der Waals surface area contributed by atoms with Crippen LogP contribution in [-0.2, 0) is 16.0 Å². The van der Waals surface area contributed by atoms with Crippen LogP contribution in [0, 0.1) is 13.8 Å². The standard InChI is InChI=1S/C19H25N5O3/c1-13-15(14(2)27-22-13)11-18(25)24-9-10-26-17(12-24)16-5-6-20-19(21-16)23-7-3-4-8-23/h5-6,17H,3-4,7-12H2,1-2H3/t17-/m1/s1. The Hall–Kier alpha value is -2.48. The predicted octanol–water partition coefficient (Wildman–Crippen LogP) is 1.82. The van der Waals surface area contributed by atoms with Crippen LogP contribution in [0.5, 0.6) is 0 Å². The zero-order valence-electron chi connectivity index (χ0n) is 15.8. The van der Waals surface area contributed by atoms with Gasteiger partial charge in [0.2, 0.25) is 11.9 Å². The summed E-state index contributed by atoms with van der Waals surface area (Å²) in [7, 11) is 0. The first-order chi connectivity index (χ1) is 13.1. The van der Waals surface area contributed by atoms with E-state index in [1.54, 1.807) is 6.20 Å². The summed E-state index contributed by atoms with van der Waals surface area (Å²) in [5.74, 6) is 1.52. The quantitative estimate of drug-likeness (QED) is 0.810. The van der Waals surface area contributed by atoms with Crippen LogP contribution in [0.2, 0.25) is 0 Å². The molecule has 2 aliphatic rings. The van der Waals surface area contributed by atoms with Crippen LogP contribution in [0.15, 0.2) is 16.8 Å². The van der Waals surface area contributed by atoms with Gasteiger partial charge >= 0.3 is 0 Å². The zero-order chi connectivity index (χ0) is 18.8. The summed E-state index contributed by atoms with van der Waals surface area (Å²) >= 11 is 0. The molecule has 8 heteroatoms. The number of ether oxygens (including phenoxy) is 1. The molecule has 0 aliphatic carbocycles. The van der Waals surface area contributed by atoms with E-state index < -0.39 is 0 Å². The molecule has 2 aliphatic heterocycles. The van der Waals surface area contributed by atoms with Crippen molar-refractivity contribution in [3.63, 3.8) is 0 Å². The maximum atomic E-state index is 12.8. The fourth-order valence-corrected chi connectivity index (χ4v) is 3.68. The van der Waals surface area contributed by atoms with E-state index in [1.165, 1.54) is 12.8 Å². The largest absolute Gasteiger partial charge is 0.368 e. The molecule has 2 aromatic heterocycles. The van der Waals surface area contributed by atoms with Crippen molar-refractivity contribution in [2.75, 3.05) is 37.7 Å². The first-order valence-corrected chi connectivity index (χ1v) is 9.51. The molecular weight excluding hydrogens is 346 g/mol. The van der Waals surface area contributed by atoms with Crippen molar-refractivity contribution < 1.29 is 14.1 Å². The van der Waals surface area contributed by atoms with Gasteiger partial charge in [-0.1, -0.05) is 5.16 Å². The minimum Gasteiger partial charge on any atom is -0.368 e. The first kappa shape index (κ1) is 17.9. The lowest BCUT2D eigenvalue weighted by atomic mass is 10.1. The molecule has 0 saturated carbocycles. The Morgan fingerprint density at radius 1 is 1.26 bits per heavy atom. The summed E-state index contributed by atoms with van der Waals surface area (Å²) in [6, 6.07) is 1.88. The van der Waals surface area contributed by atoms with Gasteiger partial charge in [-0.15, -0.1) is 0 Å². The van der Waals surface area contributed by atoms with E-state index in [4.69, 9.17) is 14.2 Å². The summed E-state index contributed by atoms with van der Waals surface area (Å²) in [4.78, 5) is 25.9. The van der Waals surface area contributed by atoms with E-state index in [-0.39, 0.29) is 12.0 Å². The second-order valence-electron chi connectivity index (χ2n) is 7.15. The molecule has 144 valence electrons. The fourth-order valence-electron chi connectivity index (χ4n) is 3.68. The second kappa shape index (κ2) is 7.64. The number of hydrogen-bond acceptors (Lipinski definition) is 7. The van der Waals surface area contributed by atoms with Gasteiger partial charge in [-0.2, -0.15) is 0 Å². The van der Waals surface area contributed by atoms with Gasteiger partial charge < -0.3 is 19.1 Å². The van der Waals surface area contributed by atoms with Gasteiger partial charge in [0.05, 0.1) is 31.0 Å². The number of aromatic nitrogens is 3. The maximum Gasteiger partial charge on any atom is 0.227 e. The lowest BCUT2D eigenvalue weighted by Gasteiger charge is -2.33. The van der Waals surface area contributed by atoms with E-state index in [9.17, 15) is 4.79 Å². The molecular formula is C19H25N5O3. The highest BCUT2D eigenvalue weighted by molar-refractivity contribution is 5.79. The summed E-state index contributed by atoms with van der Waals surface area (Å²) in [5.41, 5.74) is 2.49. The molecule has 0 N–H and O–H groups in total. The van der Waals surface area contributed by atoms with Crippen LogP contribution in [0.4, 0.5) is 5.95 Å². The van der Waals surface area contributed by atoms with E-state index in [1.807, 2.05) is 24.8 Å². The third-order valence-electron chi connectivity index (χ3n) is 5.31. The van der Waals surface area contributed by atoms with Crippen LogP contribution in [0.1, 0.15) is 41.7 Å². The SMILES string of the molecule is Cc1noc(C)c1CC(=O)N1CCO[C@@H](c2ccnc(N3CCCC3)n2)C1. The Bertz CT molecular complexity index is 796. The Labute approximate surface area is 158 Å². The highest BCUT2D eigenvalue weighted by Gasteiger charge is 2.28. The molecule has 0 bridgehead atoms. The van der Waals surface area contributed by atoms with E-state index in [2.05, 4.69) is 15.0 Å². The Morgan fingerprint density at radius 3 is 2.81 bits per heavy atom. The molecule has 27 heavy (non-hydrogen) atoms. The summed E-state index contributed by atoms with van der Waals surface area (Å²) in [6.45, 7) is 7.28. The zero-order valence-corrected chi connectivity index (χ0v) is 15.8. The van der Waals surface area contributed by atoms with Crippen molar-refractivity contribution >= 4 is 11.9 Å². The fraction of sp³-hybridized carbons (Fsp3) is 0.579. The number of morpholine rings is 1. The van der Waals surface area contributed by atoms with Gasteiger partial charge in [-0.25, -0.2) is 9.97 Å². The number of nitrogens with zero attached hydrogens (tertiary/aromatic N) is 5. The van der Waals surface area contributed by atoms with Gasteiger partial charge in [0, 0.05) is 31.4 Å². The van der Waals surface area contributed by atoms with Crippen molar-refractivity contribution in [3.05, 3.63) is 35.0 Å². The van der Waals surface area contributed by atoms with Crippen LogP contribution < -0.4 is 4.90 Å². The highest BCUT2D eigenvalue weighted by Crippen LogP contribution is 2.24. The van der Waals surface area contributed by atoms with Crippen LogP contribution >= 0.6 is 0 Å². The van der Waals surface area contributed by atoms with Gasteiger partial charge in [0.15, 0.2) is 0 Å². The molecule has 1 amide bonds. The van der Waals surface area contributed by atoms with Crippen molar-refractivity contribution in [1.29, 1.82) is 0 Å². The van der Waals surface area contributed by atoms with Crippen LogP contribution in [0.25, 0.3) is 0 Å². The van der Waals surface area contributed by atoms with E-state index >= 15 is 0 Å². The molecule has 2 aromatic rings. The lowest BCUT2D eigenvalue weighted by Crippen LogP contribution is -2.43. The summed E-state index contributed by atoms with van der Waals surface area (Å²) in [5, 5.41) is 3.93. The summed E-state index contributed by atoms with van der Waals surface area (Å²) in [6.07, 6.45) is 4.21. The highest BCUT2D eigenvalue weighted by atomic mass is 16.5. The smallest absolute Gasteiger partial charge is 0.227 e. The lowest BCUT2D eigenvalue weighted by molar-refractivity contribution is -0.138. The number of hydrogen-bond donors (Lipinski definition) is 0. The minimum absolute atomic E-state index is 0.0616. The first-order valence-electron chi connectivity index (χ1n) is 9.51. The third-order valence-corrected chi connectivity index (χ3v) is 5.31. The Morgan fingerprint density at radius 2 is 2.07 bits per heavy atom. The second-order valence-corrected chi connectivity index (χ2v) is 7.15. The molecule has 4 rings (SSSR count). The monoisotopic (exact) mass is 371 g/mol. The third kappa shape index (κ3) is 3.80. The normalized spacial score (nSPS) is 20.3. The van der Waals surface area contributed by atoms with Gasteiger partial charge in [0.25, 0.3) is 0 Å². The topological polar surface area (TPSA) is 84.6 Å². The van der Waals surface area contributed by atoms with Gasteiger partial charge in [0.1, 0.15) is 11.9 Å². The van der Waals surface area contributed by atoms with Crippen LogP contribution in [0.3, 0.4) is 0 Å². The molecule has 2 fully saturated rings. The number of rotatable bonds is 4. The van der Waals surface area contributed by atoms with E-state index in [0.717, 1.165) is 36.0 Å². The molecule has 4 heterocycles. The van der Waals surface area contributed by atoms with Crippen molar-refractivity contribution in [2.45, 2.75) is 39.2 Å². The number of carbonyl (C=O) groups excluding carboxylic acids is 1. The molecule has 0 aromatic carbocycles. The maximum absolute atomic E-state index is 12.8. The predicted molar refractivity (Wildman–Crippen MR) is 98.4 cm³/mol. The van der Waals surface area contributed by atoms with Crippen molar-refractivity contribution in [2.24, 2.45) is 0 Å². The average Bonchev–Trinajstić information content (AvgIpc) is 3.34. The summed E-state index contributed by atoms with van der Waals surface area (Å²) < 4.78 is 11.1. The van der Waals surface area contributed by atoms with Gasteiger partial charge in [-0.05, 0) is 32.8 Å². The minimum atomic E-state index is -0.225. The van der Waals surface area contributed by atoms with Crippen molar-refractivity contribution in [3.8, 4) is 0 Å².